The first kappa shape index (κ1) is 10.9. The monoisotopic (exact) mass is 258 g/mol. The fraction of sp³-hybridized carbons (Fsp3) is 0.357. The van der Waals surface area contributed by atoms with Crippen LogP contribution in [-0.2, 0) is 6.54 Å². The van der Waals surface area contributed by atoms with Crippen LogP contribution in [0.2, 0.25) is 0 Å². The number of pyridine rings is 1. The molecular formula is C14H14N2O3. The third-order valence-corrected chi connectivity index (χ3v) is 3.41. The lowest BCUT2D eigenvalue weighted by molar-refractivity contribution is 0.174. The van der Waals surface area contributed by atoms with Gasteiger partial charge in [0.15, 0.2) is 11.5 Å². The summed E-state index contributed by atoms with van der Waals surface area (Å²) in [6.07, 6.45) is 0.125. The Bertz CT molecular complexity index is 657. The molecule has 98 valence electrons. The molecule has 3 heterocycles. The molecular weight excluding hydrogens is 244 g/mol. The highest BCUT2D eigenvalue weighted by Gasteiger charge is 2.19. The van der Waals surface area contributed by atoms with Crippen molar-refractivity contribution < 1.29 is 14.2 Å². The molecule has 0 amide bonds. The third kappa shape index (κ3) is 1.77. The van der Waals surface area contributed by atoms with Crippen molar-refractivity contribution in [3.8, 4) is 17.4 Å². The van der Waals surface area contributed by atoms with Crippen molar-refractivity contribution in [2.45, 2.75) is 19.6 Å². The zero-order valence-electron chi connectivity index (χ0n) is 10.6. The number of ether oxygens (including phenoxy) is 3. The number of benzene rings is 1. The first-order chi connectivity index (χ1) is 9.29. The molecule has 1 atom stereocenters. The van der Waals surface area contributed by atoms with E-state index in [9.17, 15) is 0 Å². The van der Waals surface area contributed by atoms with E-state index in [1.807, 2.05) is 19.1 Å². The number of hydrogen-bond acceptors (Lipinski definition) is 5. The predicted octanol–water partition coefficient (Wildman–Crippen LogP) is 1.83. The van der Waals surface area contributed by atoms with Gasteiger partial charge in [0.25, 0.3) is 0 Å². The van der Waals surface area contributed by atoms with Gasteiger partial charge in [-0.1, -0.05) is 0 Å². The first-order valence-electron chi connectivity index (χ1n) is 6.40. The highest BCUT2D eigenvalue weighted by atomic mass is 16.7. The van der Waals surface area contributed by atoms with Gasteiger partial charge in [-0.25, -0.2) is 4.98 Å². The summed E-state index contributed by atoms with van der Waals surface area (Å²) in [6.45, 7) is 3.92. The molecule has 0 saturated heterocycles. The molecule has 1 aromatic heterocycles. The van der Waals surface area contributed by atoms with Gasteiger partial charge in [0, 0.05) is 30.1 Å². The SMILES string of the molecule is C[C@H]1CNCc2cc3cc4c(cc3nc2O1)OCO4. The average Bonchev–Trinajstić information content (AvgIpc) is 2.75. The molecule has 2 aliphatic rings. The molecule has 4 rings (SSSR count). The molecule has 19 heavy (non-hydrogen) atoms. The second-order valence-corrected chi connectivity index (χ2v) is 4.91. The number of rotatable bonds is 0. The molecule has 0 aliphatic carbocycles. The normalized spacial score (nSPS) is 20.8. The maximum Gasteiger partial charge on any atom is 0.231 e. The lowest BCUT2D eigenvalue weighted by Gasteiger charge is -2.11. The Hall–Kier alpha value is -2.01. The van der Waals surface area contributed by atoms with Crippen LogP contribution in [0.4, 0.5) is 0 Å². The van der Waals surface area contributed by atoms with Gasteiger partial charge in [-0.3, -0.25) is 0 Å². The number of nitrogens with zero attached hydrogens (tertiary/aromatic N) is 1. The maximum atomic E-state index is 5.84. The Morgan fingerprint density at radius 3 is 2.95 bits per heavy atom. The highest BCUT2D eigenvalue weighted by Crippen LogP contribution is 2.37. The van der Waals surface area contributed by atoms with E-state index < -0.39 is 0 Å². The topological polar surface area (TPSA) is 52.6 Å². The van der Waals surface area contributed by atoms with E-state index in [1.54, 1.807) is 0 Å². The Labute approximate surface area is 110 Å². The Balaban J connectivity index is 1.89. The van der Waals surface area contributed by atoms with Crippen LogP contribution in [0.15, 0.2) is 18.2 Å². The molecule has 5 heteroatoms. The molecule has 2 aromatic rings. The molecule has 5 nitrogen and oxygen atoms in total. The fourth-order valence-electron chi connectivity index (χ4n) is 2.46. The van der Waals surface area contributed by atoms with E-state index in [-0.39, 0.29) is 12.9 Å². The molecule has 0 saturated carbocycles. The van der Waals surface area contributed by atoms with Crippen molar-refractivity contribution in [3.05, 3.63) is 23.8 Å². The van der Waals surface area contributed by atoms with Crippen molar-refractivity contribution in [3.63, 3.8) is 0 Å². The van der Waals surface area contributed by atoms with Crippen molar-refractivity contribution in [2.75, 3.05) is 13.3 Å². The minimum atomic E-state index is 0.125. The van der Waals surface area contributed by atoms with Gasteiger partial charge in [0.05, 0.1) is 5.52 Å². The quantitative estimate of drug-likeness (QED) is 0.781. The maximum absolute atomic E-state index is 5.84. The summed E-state index contributed by atoms with van der Waals surface area (Å²) in [5, 5.41) is 4.39. The van der Waals surface area contributed by atoms with E-state index >= 15 is 0 Å². The van der Waals surface area contributed by atoms with Gasteiger partial charge in [-0.2, -0.15) is 0 Å². The fourth-order valence-corrected chi connectivity index (χ4v) is 2.46. The molecule has 0 fully saturated rings. The number of fused-ring (bicyclic) bond motifs is 3. The van der Waals surface area contributed by atoms with Crippen molar-refractivity contribution >= 4 is 10.9 Å². The standard InChI is InChI=1S/C14H14N2O3/c1-8-5-15-6-10-2-9-3-12-13(18-7-17-12)4-11(9)16-14(10)19-8/h2-4,8,15H,5-7H2,1H3/t8-/m0/s1. The summed E-state index contributed by atoms with van der Waals surface area (Å²) < 4.78 is 16.6. The van der Waals surface area contributed by atoms with Crippen LogP contribution in [0, 0.1) is 0 Å². The summed E-state index contributed by atoms with van der Waals surface area (Å²) in [5.41, 5.74) is 1.95. The summed E-state index contributed by atoms with van der Waals surface area (Å²) in [6, 6.07) is 5.98. The third-order valence-electron chi connectivity index (χ3n) is 3.41. The molecule has 0 spiro atoms. The zero-order chi connectivity index (χ0) is 12.8. The predicted molar refractivity (Wildman–Crippen MR) is 69.7 cm³/mol. The average molecular weight is 258 g/mol. The Morgan fingerprint density at radius 1 is 1.21 bits per heavy atom. The number of nitrogens with one attached hydrogen (secondary N) is 1. The van der Waals surface area contributed by atoms with Crippen molar-refractivity contribution in [2.24, 2.45) is 0 Å². The molecule has 0 bridgehead atoms. The van der Waals surface area contributed by atoms with Crippen LogP contribution in [0.5, 0.6) is 17.4 Å². The molecule has 1 aromatic carbocycles. The van der Waals surface area contributed by atoms with Crippen LogP contribution >= 0.6 is 0 Å². The summed E-state index contributed by atoms with van der Waals surface area (Å²) in [4.78, 5) is 4.61. The summed E-state index contributed by atoms with van der Waals surface area (Å²) in [5.74, 6) is 2.24. The van der Waals surface area contributed by atoms with Crippen molar-refractivity contribution in [1.82, 2.24) is 10.3 Å². The molecule has 0 unspecified atom stereocenters. The van der Waals surface area contributed by atoms with Gasteiger partial charge in [-0.15, -0.1) is 0 Å². The van der Waals surface area contributed by atoms with Gasteiger partial charge in [0.1, 0.15) is 6.10 Å². The van der Waals surface area contributed by atoms with Crippen LogP contribution in [-0.4, -0.2) is 24.4 Å². The van der Waals surface area contributed by atoms with E-state index in [1.165, 1.54) is 0 Å². The van der Waals surface area contributed by atoms with Crippen LogP contribution in [0.1, 0.15) is 12.5 Å². The minimum Gasteiger partial charge on any atom is -0.473 e. The Kier molecular flexibility index (Phi) is 2.29. The van der Waals surface area contributed by atoms with E-state index in [4.69, 9.17) is 14.2 Å². The van der Waals surface area contributed by atoms with Gasteiger partial charge >= 0.3 is 0 Å². The largest absolute Gasteiger partial charge is 0.473 e. The van der Waals surface area contributed by atoms with Crippen molar-refractivity contribution in [1.29, 1.82) is 0 Å². The second-order valence-electron chi connectivity index (χ2n) is 4.91. The smallest absolute Gasteiger partial charge is 0.231 e. The lowest BCUT2D eigenvalue weighted by Crippen LogP contribution is -2.25. The van der Waals surface area contributed by atoms with Gasteiger partial charge in [-0.05, 0) is 19.1 Å². The summed E-state index contributed by atoms with van der Waals surface area (Å²) in [7, 11) is 0. The summed E-state index contributed by atoms with van der Waals surface area (Å²) >= 11 is 0. The minimum absolute atomic E-state index is 0.125. The zero-order valence-corrected chi connectivity index (χ0v) is 10.6. The van der Waals surface area contributed by atoms with Crippen LogP contribution in [0.25, 0.3) is 10.9 Å². The van der Waals surface area contributed by atoms with Crippen LogP contribution in [0.3, 0.4) is 0 Å². The second kappa shape index (κ2) is 3.99. The van der Waals surface area contributed by atoms with E-state index in [0.29, 0.717) is 5.88 Å². The molecule has 0 radical (unpaired) electrons. The van der Waals surface area contributed by atoms with E-state index in [0.717, 1.165) is 41.1 Å². The first-order valence-corrected chi connectivity index (χ1v) is 6.40. The lowest BCUT2D eigenvalue weighted by atomic mass is 10.1. The number of aromatic nitrogens is 1. The molecule has 1 N–H and O–H groups in total. The Morgan fingerprint density at radius 2 is 2.05 bits per heavy atom. The highest BCUT2D eigenvalue weighted by molar-refractivity contribution is 5.84. The van der Waals surface area contributed by atoms with Gasteiger partial charge in [0.2, 0.25) is 12.7 Å². The van der Waals surface area contributed by atoms with E-state index in [2.05, 4.69) is 16.4 Å². The van der Waals surface area contributed by atoms with Gasteiger partial charge < -0.3 is 19.5 Å². The van der Waals surface area contributed by atoms with Crippen LogP contribution < -0.4 is 19.5 Å². The molecule has 2 aliphatic heterocycles. The number of hydrogen-bond donors (Lipinski definition) is 1.